The summed E-state index contributed by atoms with van der Waals surface area (Å²) in [7, 11) is 1.29. The molecule has 33 heavy (non-hydrogen) atoms. The van der Waals surface area contributed by atoms with Crippen LogP contribution in [0.15, 0.2) is 75.9 Å². The van der Waals surface area contributed by atoms with Crippen LogP contribution in [0.2, 0.25) is 5.02 Å². The molecule has 0 unspecified atom stereocenters. The van der Waals surface area contributed by atoms with E-state index in [1.165, 1.54) is 49.6 Å². The predicted molar refractivity (Wildman–Crippen MR) is 116 cm³/mol. The van der Waals surface area contributed by atoms with E-state index < -0.39 is 28.9 Å². The van der Waals surface area contributed by atoms with Crippen molar-refractivity contribution in [2.45, 2.75) is 6.18 Å². The summed E-state index contributed by atoms with van der Waals surface area (Å²) in [6.45, 7) is 0. The van der Waals surface area contributed by atoms with Gasteiger partial charge in [-0.1, -0.05) is 35.9 Å². The van der Waals surface area contributed by atoms with Crippen molar-refractivity contribution in [1.29, 1.82) is 0 Å². The van der Waals surface area contributed by atoms with Crippen LogP contribution < -0.4 is 14.9 Å². The summed E-state index contributed by atoms with van der Waals surface area (Å²) in [4.78, 5) is 25.5. The molecule has 168 valence electrons. The summed E-state index contributed by atoms with van der Waals surface area (Å²) < 4.78 is 57.1. The maximum absolute atomic E-state index is 13.9. The molecule has 0 aliphatic rings. The van der Waals surface area contributed by atoms with Crippen molar-refractivity contribution >= 4 is 28.5 Å². The number of rotatable bonds is 4. The number of alkyl halides is 3. The molecule has 0 atom stereocenters. The standard InChI is InChI=1S/C24H14ClF3O5/c1-31-18-8-3-2-7-16(18)20-21(29)17-10-9-15(12-19(17)33-22(20)24(26,27)28)32-23(30)13-5-4-6-14(25)11-13/h2-12H,1H3. The molecule has 0 aliphatic carbocycles. The van der Waals surface area contributed by atoms with Crippen LogP contribution in [0.3, 0.4) is 0 Å². The van der Waals surface area contributed by atoms with Crippen molar-refractivity contribution in [2.75, 3.05) is 7.11 Å². The van der Waals surface area contributed by atoms with Gasteiger partial charge in [0.2, 0.25) is 11.2 Å². The Labute approximate surface area is 189 Å². The van der Waals surface area contributed by atoms with Crippen LogP contribution in [-0.2, 0) is 6.18 Å². The third kappa shape index (κ3) is 4.42. The Morgan fingerprint density at radius 3 is 2.45 bits per heavy atom. The van der Waals surface area contributed by atoms with Crippen molar-refractivity contribution in [3.8, 4) is 22.6 Å². The Morgan fingerprint density at radius 2 is 1.76 bits per heavy atom. The highest BCUT2D eigenvalue weighted by atomic mass is 35.5. The number of hydrogen-bond donors (Lipinski definition) is 0. The Kier molecular flexibility index (Phi) is 5.86. The summed E-state index contributed by atoms with van der Waals surface area (Å²) >= 11 is 5.86. The molecule has 4 aromatic rings. The molecular weight excluding hydrogens is 461 g/mol. The van der Waals surface area contributed by atoms with Gasteiger partial charge in [-0.2, -0.15) is 13.2 Å². The van der Waals surface area contributed by atoms with E-state index in [0.717, 1.165) is 6.07 Å². The van der Waals surface area contributed by atoms with Crippen molar-refractivity contribution in [2.24, 2.45) is 0 Å². The summed E-state index contributed by atoms with van der Waals surface area (Å²) in [6, 6.07) is 15.4. The zero-order chi connectivity index (χ0) is 23.8. The average Bonchev–Trinajstić information content (AvgIpc) is 2.78. The van der Waals surface area contributed by atoms with Crippen molar-refractivity contribution in [3.05, 3.63) is 93.3 Å². The summed E-state index contributed by atoms with van der Waals surface area (Å²) in [6.07, 6.45) is -4.98. The van der Waals surface area contributed by atoms with E-state index in [4.69, 9.17) is 25.5 Å². The Balaban J connectivity index is 1.85. The first kappa shape index (κ1) is 22.4. The Morgan fingerprint density at radius 1 is 1.00 bits per heavy atom. The zero-order valence-corrected chi connectivity index (χ0v) is 17.7. The van der Waals surface area contributed by atoms with Gasteiger partial charge in [-0.25, -0.2) is 4.79 Å². The largest absolute Gasteiger partial charge is 0.496 e. The lowest BCUT2D eigenvalue weighted by Crippen LogP contribution is -2.16. The van der Waals surface area contributed by atoms with Gasteiger partial charge in [-0.05, 0) is 36.4 Å². The highest BCUT2D eigenvalue weighted by Gasteiger charge is 2.40. The lowest BCUT2D eigenvalue weighted by atomic mass is 10.0. The monoisotopic (exact) mass is 474 g/mol. The number of esters is 1. The van der Waals surface area contributed by atoms with Gasteiger partial charge in [-0.15, -0.1) is 0 Å². The molecule has 4 rings (SSSR count). The number of ether oxygens (including phenoxy) is 2. The van der Waals surface area contributed by atoms with Crippen LogP contribution in [0.5, 0.6) is 11.5 Å². The van der Waals surface area contributed by atoms with E-state index in [1.807, 2.05) is 0 Å². The van der Waals surface area contributed by atoms with Crippen LogP contribution in [0.4, 0.5) is 13.2 Å². The highest BCUT2D eigenvalue weighted by molar-refractivity contribution is 6.30. The maximum Gasteiger partial charge on any atom is 0.450 e. The molecule has 0 saturated carbocycles. The van der Waals surface area contributed by atoms with E-state index in [9.17, 15) is 22.8 Å². The minimum Gasteiger partial charge on any atom is -0.496 e. The van der Waals surface area contributed by atoms with E-state index >= 15 is 0 Å². The van der Waals surface area contributed by atoms with Gasteiger partial charge in [0.1, 0.15) is 17.1 Å². The number of para-hydroxylation sites is 1. The number of halogens is 4. The van der Waals surface area contributed by atoms with E-state index in [-0.39, 0.29) is 33.6 Å². The highest BCUT2D eigenvalue weighted by Crippen LogP contribution is 2.40. The van der Waals surface area contributed by atoms with Crippen LogP contribution >= 0.6 is 11.6 Å². The van der Waals surface area contributed by atoms with Gasteiger partial charge >= 0.3 is 12.1 Å². The molecular formula is C24H14ClF3O5. The maximum atomic E-state index is 13.9. The van der Waals surface area contributed by atoms with Crippen molar-refractivity contribution in [3.63, 3.8) is 0 Å². The van der Waals surface area contributed by atoms with Crippen molar-refractivity contribution in [1.82, 2.24) is 0 Å². The van der Waals surface area contributed by atoms with Crippen LogP contribution in [0, 0.1) is 0 Å². The SMILES string of the molecule is COc1ccccc1-c1c(C(F)(F)F)oc2cc(OC(=O)c3cccc(Cl)c3)ccc2c1=O. The minimum atomic E-state index is -4.98. The molecule has 0 radical (unpaired) electrons. The van der Waals surface area contributed by atoms with Crippen LogP contribution in [-0.4, -0.2) is 13.1 Å². The number of benzene rings is 3. The minimum absolute atomic E-state index is 0.0561. The molecule has 0 amide bonds. The van der Waals surface area contributed by atoms with Gasteiger partial charge in [-0.3, -0.25) is 4.79 Å². The number of methoxy groups -OCH3 is 1. The number of carbonyl (C=O) groups excluding carboxylic acids is 1. The second kappa shape index (κ2) is 8.63. The fourth-order valence-corrected chi connectivity index (χ4v) is 3.50. The fourth-order valence-electron chi connectivity index (χ4n) is 3.31. The Bertz CT molecular complexity index is 1430. The third-order valence-corrected chi connectivity index (χ3v) is 5.00. The molecule has 0 saturated heterocycles. The first-order chi connectivity index (χ1) is 15.7. The molecule has 0 spiro atoms. The molecule has 0 fully saturated rings. The normalized spacial score (nSPS) is 11.4. The molecule has 9 heteroatoms. The van der Waals surface area contributed by atoms with E-state index in [2.05, 4.69) is 0 Å². The second-order valence-corrected chi connectivity index (χ2v) is 7.33. The molecule has 1 heterocycles. The lowest BCUT2D eigenvalue weighted by Gasteiger charge is -2.15. The van der Waals surface area contributed by atoms with Gasteiger partial charge in [0.25, 0.3) is 0 Å². The smallest absolute Gasteiger partial charge is 0.450 e. The van der Waals surface area contributed by atoms with Gasteiger partial charge in [0.05, 0.1) is 23.6 Å². The first-order valence-electron chi connectivity index (χ1n) is 9.48. The number of carbonyl (C=O) groups is 1. The quantitative estimate of drug-likeness (QED) is 0.254. The molecule has 3 aromatic carbocycles. The van der Waals surface area contributed by atoms with E-state index in [1.54, 1.807) is 18.2 Å². The van der Waals surface area contributed by atoms with Gasteiger partial charge in [0, 0.05) is 16.7 Å². The third-order valence-electron chi connectivity index (χ3n) is 4.77. The molecule has 0 bridgehead atoms. The second-order valence-electron chi connectivity index (χ2n) is 6.89. The molecule has 5 nitrogen and oxygen atoms in total. The van der Waals surface area contributed by atoms with Gasteiger partial charge < -0.3 is 13.9 Å². The van der Waals surface area contributed by atoms with Crippen LogP contribution in [0.25, 0.3) is 22.1 Å². The fraction of sp³-hybridized carbons (Fsp3) is 0.0833. The topological polar surface area (TPSA) is 65.7 Å². The summed E-state index contributed by atoms with van der Waals surface area (Å²) in [5.41, 5.74) is -1.87. The molecule has 0 aliphatic heterocycles. The number of hydrogen-bond acceptors (Lipinski definition) is 5. The summed E-state index contributed by atoms with van der Waals surface area (Å²) in [5.74, 6) is -2.28. The first-order valence-corrected chi connectivity index (χ1v) is 9.86. The lowest BCUT2D eigenvalue weighted by molar-refractivity contribution is -0.152. The molecule has 1 aromatic heterocycles. The van der Waals surface area contributed by atoms with Crippen LogP contribution in [0.1, 0.15) is 16.1 Å². The number of fused-ring (bicyclic) bond motifs is 1. The van der Waals surface area contributed by atoms with Gasteiger partial charge in [0.15, 0.2) is 0 Å². The zero-order valence-electron chi connectivity index (χ0n) is 16.9. The average molecular weight is 475 g/mol. The van der Waals surface area contributed by atoms with Crippen molar-refractivity contribution < 1.29 is 31.9 Å². The summed E-state index contributed by atoms with van der Waals surface area (Å²) in [5, 5.41) is 0.194. The predicted octanol–water partition coefficient (Wildman–Crippen LogP) is 6.36. The Hall–Kier alpha value is -3.78. The van der Waals surface area contributed by atoms with E-state index in [0.29, 0.717) is 5.02 Å². The molecule has 0 N–H and O–H groups in total.